The lowest BCUT2D eigenvalue weighted by Gasteiger charge is -1.68. The first kappa shape index (κ1) is 16.9. The quantitative estimate of drug-likeness (QED) is 0.593. The molecule has 0 unspecified atom stereocenters. The molecule has 0 bridgehead atoms. The Hall–Kier alpha value is -0.410. The second-order valence-corrected chi connectivity index (χ2v) is 1.77. The monoisotopic (exact) mass is 162 g/mol. The molecule has 0 aromatic rings. The van der Waals surface area contributed by atoms with Gasteiger partial charge in [0, 0.05) is 6.42 Å². The van der Waals surface area contributed by atoms with Crippen molar-refractivity contribution in [2.45, 2.75) is 33.6 Å². The van der Waals surface area contributed by atoms with E-state index in [0.717, 1.165) is 25.8 Å². The van der Waals surface area contributed by atoms with E-state index in [1.165, 1.54) is 0 Å². The van der Waals surface area contributed by atoms with Crippen molar-refractivity contribution in [3.63, 3.8) is 0 Å². The van der Waals surface area contributed by atoms with E-state index in [4.69, 9.17) is 11.5 Å². The van der Waals surface area contributed by atoms with E-state index in [1.54, 1.807) is 0 Å². The van der Waals surface area contributed by atoms with Gasteiger partial charge >= 0.3 is 0 Å². The molecule has 0 atom stereocenters. The Bertz CT molecular complexity index is 47.4. The molecule has 4 N–H and O–H groups in total. The normalized spacial score (nSPS) is 6.64. The van der Waals surface area contributed by atoms with Crippen LogP contribution in [0.3, 0.4) is 0 Å². The molecule has 3 nitrogen and oxygen atoms in total. The van der Waals surface area contributed by atoms with Crippen molar-refractivity contribution in [2.75, 3.05) is 13.1 Å². The minimum atomic E-state index is 0.708. The number of carbonyl (C=O) groups is 1. The standard InChI is InChI=1S/C4H8O.2C2H7N/c1-2-3-4-5;2*1-2-3/h4H,2-3H2,1H3;2*2-3H2,1H3. The van der Waals surface area contributed by atoms with Gasteiger partial charge in [0.25, 0.3) is 0 Å². The molecule has 0 radical (unpaired) electrons. The third-order valence-electron chi connectivity index (χ3n) is 0.407. The van der Waals surface area contributed by atoms with Gasteiger partial charge in [0.1, 0.15) is 6.29 Å². The molecular formula is C8H22N2O. The first-order chi connectivity index (χ1) is 5.24. The summed E-state index contributed by atoms with van der Waals surface area (Å²) in [5.74, 6) is 0. The van der Waals surface area contributed by atoms with Crippen LogP contribution in [0.1, 0.15) is 33.6 Å². The molecule has 0 amide bonds. The Morgan fingerprint density at radius 1 is 1.09 bits per heavy atom. The zero-order valence-corrected chi connectivity index (χ0v) is 7.97. The van der Waals surface area contributed by atoms with Crippen LogP contribution in [0.15, 0.2) is 0 Å². The molecule has 0 aromatic heterocycles. The van der Waals surface area contributed by atoms with Crippen molar-refractivity contribution < 1.29 is 4.79 Å². The summed E-state index contributed by atoms with van der Waals surface area (Å²) in [7, 11) is 0. The van der Waals surface area contributed by atoms with Crippen LogP contribution in [-0.4, -0.2) is 19.4 Å². The van der Waals surface area contributed by atoms with Crippen molar-refractivity contribution in [3.05, 3.63) is 0 Å². The Balaban J connectivity index is -0.0000000933. The summed E-state index contributed by atoms with van der Waals surface area (Å²) in [5.41, 5.74) is 9.69. The Morgan fingerprint density at radius 2 is 1.36 bits per heavy atom. The molecule has 0 saturated heterocycles. The minimum Gasteiger partial charge on any atom is -0.331 e. The largest absolute Gasteiger partial charge is 0.331 e. The van der Waals surface area contributed by atoms with E-state index in [-0.39, 0.29) is 0 Å². The van der Waals surface area contributed by atoms with Gasteiger partial charge in [0.2, 0.25) is 0 Å². The zero-order valence-electron chi connectivity index (χ0n) is 7.97. The van der Waals surface area contributed by atoms with Gasteiger partial charge in [-0.05, 0) is 19.5 Å². The van der Waals surface area contributed by atoms with Crippen molar-refractivity contribution in [2.24, 2.45) is 11.5 Å². The molecule has 0 aliphatic heterocycles. The molecule has 11 heavy (non-hydrogen) atoms. The number of carbonyl (C=O) groups excluding carboxylic acids is 1. The highest BCUT2D eigenvalue weighted by molar-refractivity contribution is 5.48. The number of unbranched alkanes of at least 4 members (excludes halogenated alkanes) is 1. The van der Waals surface area contributed by atoms with Gasteiger partial charge in [0.15, 0.2) is 0 Å². The van der Waals surface area contributed by atoms with Crippen LogP contribution >= 0.6 is 0 Å². The molecule has 0 saturated carbocycles. The Labute approximate surface area is 70.1 Å². The highest BCUT2D eigenvalue weighted by Crippen LogP contribution is 1.74. The predicted octanol–water partition coefficient (Wildman–Crippen LogP) is 0.915. The Kier molecular flexibility index (Phi) is 51.6. The van der Waals surface area contributed by atoms with Crippen LogP contribution in [0.2, 0.25) is 0 Å². The van der Waals surface area contributed by atoms with Gasteiger partial charge in [0.05, 0.1) is 0 Å². The van der Waals surface area contributed by atoms with Gasteiger partial charge < -0.3 is 16.3 Å². The lowest BCUT2D eigenvalue weighted by atomic mass is 10.4. The van der Waals surface area contributed by atoms with E-state index in [1.807, 2.05) is 20.8 Å². The fourth-order valence-corrected chi connectivity index (χ4v) is 0.118. The van der Waals surface area contributed by atoms with Crippen LogP contribution in [-0.2, 0) is 4.79 Å². The summed E-state index contributed by atoms with van der Waals surface area (Å²) in [6.45, 7) is 7.29. The van der Waals surface area contributed by atoms with Gasteiger partial charge in [-0.1, -0.05) is 20.8 Å². The molecule has 0 aromatic carbocycles. The van der Waals surface area contributed by atoms with E-state index in [9.17, 15) is 4.79 Å². The number of nitrogens with two attached hydrogens (primary N) is 2. The maximum Gasteiger partial charge on any atom is 0.119 e. The van der Waals surface area contributed by atoms with Crippen molar-refractivity contribution in [3.8, 4) is 0 Å². The highest BCUT2D eigenvalue weighted by Gasteiger charge is 1.66. The van der Waals surface area contributed by atoms with Crippen molar-refractivity contribution in [1.82, 2.24) is 0 Å². The van der Waals surface area contributed by atoms with E-state index in [0.29, 0.717) is 6.42 Å². The van der Waals surface area contributed by atoms with Gasteiger partial charge in [-0.15, -0.1) is 0 Å². The van der Waals surface area contributed by atoms with Crippen molar-refractivity contribution >= 4 is 6.29 Å². The lowest BCUT2D eigenvalue weighted by Crippen LogP contribution is -1.87. The van der Waals surface area contributed by atoms with Gasteiger partial charge in [-0.2, -0.15) is 0 Å². The molecule has 0 fully saturated rings. The fraction of sp³-hybridized carbons (Fsp3) is 0.875. The average Bonchev–Trinajstić information content (AvgIpc) is 1.92. The molecule has 0 heterocycles. The van der Waals surface area contributed by atoms with Crippen molar-refractivity contribution in [1.29, 1.82) is 0 Å². The summed E-state index contributed by atoms with van der Waals surface area (Å²) in [4.78, 5) is 9.40. The first-order valence-electron chi connectivity index (χ1n) is 4.08. The summed E-state index contributed by atoms with van der Waals surface area (Å²) in [6, 6.07) is 0. The van der Waals surface area contributed by atoms with Crippen LogP contribution < -0.4 is 11.5 Å². The van der Waals surface area contributed by atoms with Crippen LogP contribution in [0.4, 0.5) is 0 Å². The van der Waals surface area contributed by atoms with Crippen LogP contribution in [0.25, 0.3) is 0 Å². The van der Waals surface area contributed by atoms with E-state index in [2.05, 4.69) is 0 Å². The number of aldehydes is 1. The lowest BCUT2D eigenvalue weighted by molar-refractivity contribution is -0.107. The zero-order chi connectivity index (χ0) is 9.54. The minimum absolute atomic E-state index is 0.708. The summed E-state index contributed by atoms with van der Waals surface area (Å²) in [5, 5.41) is 0. The molecule has 0 spiro atoms. The van der Waals surface area contributed by atoms with E-state index < -0.39 is 0 Å². The molecule has 3 heteroatoms. The summed E-state index contributed by atoms with van der Waals surface area (Å²) < 4.78 is 0. The Morgan fingerprint density at radius 3 is 1.36 bits per heavy atom. The SMILES string of the molecule is CCCC=O.CCN.CCN. The van der Waals surface area contributed by atoms with Crippen LogP contribution in [0.5, 0.6) is 0 Å². The fourth-order valence-electron chi connectivity index (χ4n) is 0.118. The second kappa shape index (κ2) is 33.6. The number of hydrogen-bond acceptors (Lipinski definition) is 3. The van der Waals surface area contributed by atoms with Gasteiger partial charge in [-0.25, -0.2) is 0 Å². The third-order valence-corrected chi connectivity index (χ3v) is 0.407. The first-order valence-corrected chi connectivity index (χ1v) is 4.08. The summed E-state index contributed by atoms with van der Waals surface area (Å²) >= 11 is 0. The average molecular weight is 162 g/mol. The highest BCUT2D eigenvalue weighted by atomic mass is 16.1. The molecule has 70 valence electrons. The predicted molar refractivity (Wildman–Crippen MR) is 50.4 cm³/mol. The second-order valence-electron chi connectivity index (χ2n) is 1.77. The van der Waals surface area contributed by atoms with E-state index >= 15 is 0 Å². The molecule has 0 rings (SSSR count). The maximum absolute atomic E-state index is 9.40. The number of hydrogen-bond donors (Lipinski definition) is 2. The smallest absolute Gasteiger partial charge is 0.119 e. The third kappa shape index (κ3) is 219. The van der Waals surface area contributed by atoms with Crippen LogP contribution in [0, 0.1) is 0 Å². The number of rotatable bonds is 2. The topological polar surface area (TPSA) is 69.1 Å². The summed E-state index contributed by atoms with van der Waals surface area (Å²) in [6.07, 6.45) is 2.61. The molecular weight excluding hydrogens is 140 g/mol. The maximum atomic E-state index is 9.40. The molecule has 0 aliphatic carbocycles. The van der Waals surface area contributed by atoms with Gasteiger partial charge in [-0.3, -0.25) is 0 Å². The molecule has 0 aliphatic rings.